The first-order valence-corrected chi connectivity index (χ1v) is 10.2. The van der Waals surface area contributed by atoms with Crippen molar-refractivity contribution in [1.82, 2.24) is 15.2 Å². The number of phenolic OH excluding ortho intramolecular Hbond substituents is 1. The molecule has 0 spiro atoms. The van der Waals surface area contributed by atoms with Gasteiger partial charge in [0.1, 0.15) is 5.75 Å². The van der Waals surface area contributed by atoms with E-state index in [1.165, 1.54) is 17.8 Å². The highest BCUT2D eigenvalue weighted by Crippen LogP contribution is 2.44. The van der Waals surface area contributed by atoms with E-state index >= 15 is 0 Å². The highest BCUT2D eigenvalue weighted by molar-refractivity contribution is 7.99. The third kappa shape index (κ3) is 3.27. The van der Waals surface area contributed by atoms with Crippen LogP contribution in [0.3, 0.4) is 0 Å². The quantitative estimate of drug-likeness (QED) is 0.619. The van der Waals surface area contributed by atoms with Crippen LogP contribution >= 0.6 is 11.8 Å². The maximum Gasteiger partial charge on any atom is 0.247 e. The molecule has 1 unspecified atom stereocenters. The van der Waals surface area contributed by atoms with Crippen molar-refractivity contribution in [3.8, 4) is 34.4 Å². The first-order valence-electron chi connectivity index (χ1n) is 9.25. The summed E-state index contributed by atoms with van der Waals surface area (Å²) >= 11 is 1.53. The lowest BCUT2D eigenvalue weighted by Crippen LogP contribution is -2.17. The van der Waals surface area contributed by atoms with Crippen molar-refractivity contribution < 1.29 is 19.3 Å². The number of nitrogens with one attached hydrogen (secondary N) is 1. The molecule has 3 aromatic rings. The molecule has 3 heterocycles. The summed E-state index contributed by atoms with van der Waals surface area (Å²) in [5, 5.41) is 23.1. The average Bonchev–Trinajstić information content (AvgIpc) is 3.12. The molecule has 5 rings (SSSR count). The summed E-state index contributed by atoms with van der Waals surface area (Å²) in [4.78, 5) is 4.58. The smallest absolute Gasteiger partial charge is 0.247 e. The molecule has 0 amide bonds. The molecule has 29 heavy (non-hydrogen) atoms. The minimum Gasteiger partial charge on any atom is -0.507 e. The van der Waals surface area contributed by atoms with E-state index in [0.717, 1.165) is 23.4 Å². The Morgan fingerprint density at radius 2 is 2.00 bits per heavy atom. The Hall–Kier alpha value is -3.20. The standard InChI is InChI=1S/C20H18N4O4S/c1-2-7-29-20-22-19-17(23-24-20)11-5-3-4-6-13(11)21-18(28-19)12-8-15-16(9-14(12)25)27-10-26-15/h3-6,8-9,18,21,25H,2,7,10H2,1H3. The highest BCUT2D eigenvalue weighted by atomic mass is 32.2. The molecule has 2 aromatic carbocycles. The van der Waals surface area contributed by atoms with Gasteiger partial charge >= 0.3 is 0 Å². The van der Waals surface area contributed by atoms with Crippen LogP contribution in [0.4, 0.5) is 5.69 Å². The van der Waals surface area contributed by atoms with Gasteiger partial charge in [-0.25, -0.2) is 0 Å². The number of hydrogen-bond acceptors (Lipinski definition) is 9. The fourth-order valence-electron chi connectivity index (χ4n) is 3.20. The molecule has 2 aliphatic rings. The van der Waals surface area contributed by atoms with Crippen LogP contribution in [0.5, 0.6) is 23.1 Å². The second-order valence-corrected chi connectivity index (χ2v) is 7.61. The number of aromatic nitrogens is 3. The molecule has 1 atom stereocenters. The van der Waals surface area contributed by atoms with Gasteiger partial charge < -0.3 is 24.6 Å². The topological polar surface area (TPSA) is 98.6 Å². The Kier molecular flexibility index (Phi) is 4.51. The van der Waals surface area contributed by atoms with E-state index in [4.69, 9.17) is 14.2 Å². The van der Waals surface area contributed by atoms with Crippen LogP contribution in [0, 0.1) is 0 Å². The molecule has 0 bridgehead atoms. The van der Waals surface area contributed by atoms with E-state index in [9.17, 15) is 5.11 Å². The van der Waals surface area contributed by atoms with Crippen molar-refractivity contribution in [1.29, 1.82) is 0 Å². The van der Waals surface area contributed by atoms with Crippen molar-refractivity contribution in [2.75, 3.05) is 17.9 Å². The van der Waals surface area contributed by atoms with E-state index < -0.39 is 6.23 Å². The number of rotatable bonds is 4. The SMILES string of the molecule is CCCSc1nnc2c(n1)OC(c1cc3c(cc1O)OCO3)Nc1ccccc1-2. The van der Waals surface area contributed by atoms with Gasteiger partial charge in [0.05, 0.1) is 5.56 Å². The molecule has 0 aliphatic carbocycles. The van der Waals surface area contributed by atoms with E-state index in [-0.39, 0.29) is 12.5 Å². The lowest BCUT2D eigenvalue weighted by molar-refractivity contribution is 0.173. The van der Waals surface area contributed by atoms with E-state index in [1.54, 1.807) is 6.07 Å². The minimum atomic E-state index is -0.701. The van der Waals surface area contributed by atoms with Crippen LogP contribution in [0.15, 0.2) is 41.6 Å². The van der Waals surface area contributed by atoms with Gasteiger partial charge in [-0.3, -0.25) is 0 Å². The van der Waals surface area contributed by atoms with Gasteiger partial charge in [-0.1, -0.05) is 36.9 Å². The van der Waals surface area contributed by atoms with Crippen molar-refractivity contribution in [2.45, 2.75) is 24.7 Å². The zero-order chi connectivity index (χ0) is 19.8. The van der Waals surface area contributed by atoms with Crippen molar-refractivity contribution in [3.05, 3.63) is 42.0 Å². The molecule has 2 N–H and O–H groups in total. The van der Waals surface area contributed by atoms with Crippen LogP contribution in [0.1, 0.15) is 25.1 Å². The van der Waals surface area contributed by atoms with E-state index in [0.29, 0.717) is 33.8 Å². The van der Waals surface area contributed by atoms with Gasteiger partial charge in [0.2, 0.25) is 24.1 Å². The maximum atomic E-state index is 10.6. The number of nitrogens with zero attached hydrogens (tertiary/aromatic N) is 3. The maximum absolute atomic E-state index is 10.6. The first-order chi connectivity index (χ1) is 14.2. The molecule has 0 saturated heterocycles. The monoisotopic (exact) mass is 410 g/mol. The van der Waals surface area contributed by atoms with Gasteiger partial charge in [-0.2, -0.15) is 4.98 Å². The molecule has 0 fully saturated rings. The third-order valence-corrected chi connectivity index (χ3v) is 5.62. The summed E-state index contributed by atoms with van der Waals surface area (Å²) in [5.41, 5.74) is 2.70. The molecule has 148 valence electrons. The predicted octanol–water partition coefficient (Wildman–Crippen LogP) is 3.98. The van der Waals surface area contributed by atoms with Crippen LogP contribution in [0.2, 0.25) is 0 Å². The van der Waals surface area contributed by atoms with Crippen LogP contribution < -0.4 is 19.5 Å². The number of hydrogen-bond donors (Lipinski definition) is 2. The number of phenols is 1. The van der Waals surface area contributed by atoms with Gasteiger partial charge in [0.15, 0.2) is 17.2 Å². The Labute approximate surface area is 171 Å². The summed E-state index contributed by atoms with van der Waals surface area (Å²) in [5.74, 6) is 2.35. The summed E-state index contributed by atoms with van der Waals surface area (Å²) in [6.07, 6.45) is 0.303. The lowest BCUT2D eigenvalue weighted by Gasteiger charge is -2.20. The zero-order valence-electron chi connectivity index (χ0n) is 15.6. The summed E-state index contributed by atoms with van der Waals surface area (Å²) in [6, 6.07) is 10.9. The van der Waals surface area contributed by atoms with Crippen LogP contribution in [-0.4, -0.2) is 32.8 Å². The molecule has 9 heteroatoms. The third-order valence-electron chi connectivity index (χ3n) is 4.57. The normalized spacial score (nSPS) is 16.2. The van der Waals surface area contributed by atoms with Gasteiger partial charge in [-0.15, -0.1) is 10.2 Å². The molecule has 1 aromatic heterocycles. The fourth-order valence-corrected chi connectivity index (χ4v) is 3.83. The molecular weight excluding hydrogens is 392 g/mol. The largest absolute Gasteiger partial charge is 0.507 e. The number of aromatic hydroxyl groups is 1. The van der Waals surface area contributed by atoms with Crippen molar-refractivity contribution in [3.63, 3.8) is 0 Å². The average molecular weight is 410 g/mol. The van der Waals surface area contributed by atoms with Crippen LogP contribution in [0.25, 0.3) is 11.3 Å². The summed E-state index contributed by atoms with van der Waals surface area (Å²) in [6.45, 7) is 2.22. The molecular formula is C20H18N4O4S. The number of benzene rings is 2. The number of fused-ring (bicyclic) bond motifs is 4. The predicted molar refractivity (Wildman–Crippen MR) is 107 cm³/mol. The number of thioether (sulfide) groups is 1. The number of anilines is 1. The number of para-hydroxylation sites is 1. The Bertz CT molecular complexity index is 1080. The van der Waals surface area contributed by atoms with Gasteiger partial charge in [0, 0.05) is 23.1 Å². The zero-order valence-corrected chi connectivity index (χ0v) is 16.4. The molecule has 2 aliphatic heterocycles. The first kappa shape index (κ1) is 17.9. The summed E-state index contributed by atoms with van der Waals surface area (Å²) in [7, 11) is 0. The van der Waals surface area contributed by atoms with Crippen molar-refractivity contribution in [2.24, 2.45) is 0 Å². The molecule has 0 saturated carbocycles. The van der Waals surface area contributed by atoms with Gasteiger partial charge in [0.25, 0.3) is 0 Å². The fraction of sp³-hybridized carbons (Fsp3) is 0.250. The van der Waals surface area contributed by atoms with Gasteiger partial charge in [-0.05, 0) is 18.6 Å². The second-order valence-electron chi connectivity index (χ2n) is 6.55. The van der Waals surface area contributed by atoms with Crippen LogP contribution in [-0.2, 0) is 0 Å². The molecule has 8 nitrogen and oxygen atoms in total. The van der Waals surface area contributed by atoms with Crippen molar-refractivity contribution >= 4 is 17.4 Å². The Morgan fingerprint density at radius 3 is 2.86 bits per heavy atom. The lowest BCUT2D eigenvalue weighted by atomic mass is 10.1. The van der Waals surface area contributed by atoms with E-state index in [2.05, 4.69) is 27.4 Å². The Morgan fingerprint density at radius 1 is 1.17 bits per heavy atom. The second kappa shape index (κ2) is 7.32. The minimum absolute atomic E-state index is 0.0373. The Balaban J connectivity index is 1.60. The highest BCUT2D eigenvalue weighted by Gasteiger charge is 2.29. The summed E-state index contributed by atoms with van der Waals surface area (Å²) < 4.78 is 17.0. The molecule has 0 radical (unpaired) electrons. The van der Waals surface area contributed by atoms with E-state index in [1.807, 2.05) is 24.3 Å². The number of ether oxygens (including phenoxy) is 3.